The van der Waals surface area contributed by atoms with Crippen LogP contribution in [0.5, 0.6) is 0 Å². The van der Waals surface area contributed by atoms with Crippen molar-refractivity contribution in [2.24, 2.45) is 0 Å². The number of nitriles is 1. The third-order valence-corrected chi connectivity index (χ3v) is 4.97. The first-order chi connectivity index (χ1) is 14.3. The van der Waals surface area contributed by atoms with E-state index < -0.39 is 0 Å². The van der Waals surface area contributed by atoms with Crippen molar-refractivity contribution in [3.8, 4) is 17.3 Å². The van der Waals surface area contributed by atoms with Crippen molar-refractivity contribution in [2.75, 3.05) is 26.3 Å². The molecule has 0 saturated carbocycles. The maximum atomic E-state index is 12.6. The number of morpholine rings is 1. The molecule has 1 N–H and O–H groups in total. The molecular weight excluding hydrogens is 362 g/mol. The van der Waals surface area contributed by atoms with Crippen LogP contribution in [-0.2, 0) is 4.74 Å². The average molecular weight is 383 g/mol. The van der Waals surface area contributed by atoms with Crippen molar-refractivity contribution in [2.45, 2.75) is 0 Å². The SMILES string of the molecule is N#Cc1c(/C=C(\c2ccccc2)N2CCOCC2)cc(-c2ccccc2)[nH]c1=O. The van der Waals surface area contributed by atoms with Gasteiger partial charge in [0, 0.05) is 30.0 Å². The van der Waals surface area contributed by atoms with E-state index >= 15 is 0 Å². The van der Waals surface area contributed by atoms with Crippen molar-refractivity contribution < 1.29 is 4.74 Å². The number of aromatic nitrogens is 1. The average Bonchev–Trinajstić information content (AvgIpc) is 2.79. The number of nitrogens with one attached hydrogen (secondary N) is 1. The van der Waals surface area contributed by atoms with Gasteiger partial charge < -0.3 is 14.6 Å². The van der Waals surface area contributed by atoms with Crippen molar-refractivity contribution in [3.63, 3.8) is 0 Å². The molecular formula is C24H21N3O2. The van der Waals surface area contributed by atoms with Crippen LogP contribution in [0.25, 0.3) is 23.0 Å². The van der Waals surface area contributed by atoms with Gasteiger partial charge in [0.15, 0.2) is 0 Å². The maximum absolute atomic E-state index is 12.6. The number of hydrogen-bond acceptors (Lipinski definition) is 4. The zero-order chi connectivity index (χ0) is 20.1. The molecule has 1 aliphatic heterocycles. The highest BCUT2D eigenvalue weighted by molar-refractivity contribution is 5.83. The van der Waals surface area contributed by atoms with Gasteiger partial charge in [-0.15, -0.1) is 0 Å². The lowest BCUT2D eigenvalue weighted by molar-refractivity contribution is 0.0642. The lowest BCUT2D eigenvalue weighted by Gasteiger charge is -2.31. The molecule has 1 aliphatic rings. The van der Waals surface area contributed by atoms with Gasteiger partial charge in [-0.05, 0) is 23.3 Å². The van der Waals surface area contributed by atoms with Crippen LogP contribution < -0.4 is 5.56 Å². The Balaban J connectivity index is 1.88. The van der Waals surface area contributed by atoms with Crippen LogP contribution >= 0.6 is 0 Å². The van der Waals surface area contributed by atoms with Crippen LogP contribution in [0.3, 0.4) is 0 Å². The number of benzene rings is 2. The highest BCUT2D eigenvalue weighted by Crippen LogP contribution is 2.26. The van der Waals surface area contributed by atoms with E-state index in [1.807, 2.05) is 72.8 Å². The van der Waals surface area contributed by atoms with Gasteiger partial charge in [-0.25, -0.2) is 0 Å². The minimum Gasteiger partial charge on any atom is -0.378 e. The summed E-state index contributed by atoms with van der Waals surface area (Å²) in [5.74, 6) is 0. The molecule has 2 aromatic carbocycles. The number of rotatable bonds is 4. The molecule has 1 saturated heterocycles. The molecule has 144 valence electrons. The number of hydrogen-bond donors (Lipinski definition) is 1. The van der Waals surface area contributed by atoms with Gasteiger partial charge in [0.05, 0.1) is 13.2 Å². The molecule has 0 aliphatic carbocycles. The Kier molecular flexibility index (Phi) is 5.55. The number of nitrogens with zero attached hydrogens (tertiary/aromatic N) is 2. The Hall–Kier alpha value is -3.62. The molecule has 29 heavy (non-hydrogen) atoms. The molecule has 0 spiro atoms. The van der Waals surface area contributed by atoms with Crippen LogP contribution in [0, 0.1) is 11.3 Å². The molecule has 3 aromatic rings. The van der Waals surface area contributed by atoms with Crippen LogP contribution in [-0.4, -0.2) is 36.2 Å². The summed E-state index contributed by atoms with van der Waals surface area (Å²) in [6.45, 7) is 2.83. The summed E-state index contributed by atoms with van der Waals surface area (Å²) in [5.41, 5.74) is 3.96. The summed E-state index contributed by atoms with van der Waals surface area (Å²) >= 11 is 0. The van der Waals surface area contributed by atoms with Crippen LogP contribution in [0.2, 0.25) is 0 Å². The smallest absolute Gasteiger partial charge is 0.266 e. The number of pyridine rings is 1. The van der Waals surface area contributed by atoms with Crippen molar-refractivity contribution in [1.29, 1.82) is 5.26 Å². The molecule has 0 atom stereocenters. The summed E-state index contributed by atoms with van der Waals surface area (Å²) in [6.07, 6.45) is 1.95. The summed E-state index contributed by atoms with van der Waals surface area (Å²) in [5, 5.41) is 9.62. The van der Waals surface area contributed by atoms with Gasteiger partial charge >= 0.3 is 0 Å². The zero-order valence-corrected chi connectivity index (χ0v) is 16.0. The Labute approximate surface area is 169 Å². The molecule has 2 heterocycles. The molecule has 5 nitrogen and oxygen atoms in total. The lowest BCUT2D eigenvalue weighted by Crippen LogP contribution is -2.35. The van der Waals surface area contributed by atoms with E-state index in [0.717, 1.165) is 29.9 Å². The van der Waals surface area contributed by atoms with Crippen molar-refractivity contribution in [1.82, 2.24) is 9.88 Å². The summed E-state index contributed by atoms with van der Waals surface area (Å²) in [6, 6.07) is 23.6. The minimum atomic E-state index is -0.380. The topological polar surface area (TPSA) is 69.1 Å². The largest absolute Gasteiger partial charge is 0.378 e. The quantitative estimate of drug-likeness (QED) is 0.745. The Morgan fingerprint density at radius 2 is 1.69 bits per heavy atom. The molecule has 1 fully saturated rings. The number of aromatic amines is 1. The summed E-state index contributed by atoms with van der Waals surface area (Å²) in [4.78, 5) is 17.7. The van der Waals surface area contributed by atoms with E-state index in [0.29, 0.717) is 24.5 Å². The fourth-order valence-corrected chi connectivity index (χ4v) is 3.50. The van der Waals surface area contributed by atoms with Crippen molar-refractivity contribution >= 4 is 11.8 Å². The fourth-order valence-electron chi connectivity index (χ4n) is 3.50. The van der Waals surface area contributed by atoms with E-state index in [1.54, 1.807) is 0 Å². The first-order valence-electron chi connectivity index (χ1n) is 9.59. The van der Waals surface area contributed by atoms with E-state index in [9.17, 15) is 10.1 Å². The molecule has 0 amide bonds. The number of ether oxygens (including phenoxy) is 1. The molecule has 0 radical (unpaired) electrons. The fraction of sp³-hybridized carbons (Fsp3) is 0.167. The van der Waals surface area contributed by atoms with Gasteiger partial charge in [0.1, 0.15) is 11.6 Å². The molecule has 4 rings (SSSR count). The zero-order valence-electron chi connectivity index (χ0n) is 16.0. The predicted molar refractivity (Wildman–Crippen MR) is 114 cm³/mol. The summed E-state index contributed by atoms with van der Waals surface area (Å²) < 4.78 is 5.50. The maximum Gasteiger partial charge on any atom is 0.266 e. The Morgan fingerprint density at radius 1 is 1.03 bits per heavy atom. The van der Waals surface area contributed by atoms with Gasteiger partial charge in [0.25, 0.3) is 5.56 Å². The Morgan fingerprint density at radius 3 is 2.34 bits per heavy atom. The molecule has 5 heteroatoms. The predicted octanol–water partition coefficient (Wildman–Crippen LogP) is 3.74. The second-order valence-electron chi connectivity index (χ2n) is 6.82. The third kappa shape index (κ3) is 4.13. The van der Waals surface area contributed by atoms with Crippen molar-refractivity contribution in [3.05, 3.63) is 93.8 Å². The first-order valence-corrected chi connectivity index (χ1v) is 9.59. The van der Waals surface area contributed by atoms with Gasteiger partial charge in [0.2, 0.25) is 0 Å². The first kappa shape index (κ1) is 18.7. The second-order valence-corrected chi connectivity index (χ2v) is 6.82. The van der Waals surface area contributed by atoms with E-state index in [1.165, 1.54) is 0 Å². The van der Waals surface area contributed by atoms with Crippen LogP contribution in [0.1, 0.15) is 16.7 Å². The normalized spacial score (nSPS) is 14.4. The number of H-pyrrole nitrogens is 1. The molecule has 1 aromatic heterocycles. The standard InChI is InChI=1S/C24H21N3O2/c25-17-21-20(15-22(26-24(21)28)18-7-3-1-4-8-18)16-23(19-9-5-2-6-10-19)27-11-13-29-14-12-27/h1-10,15-16H,11-14H2,(H,26,28)/b23-16+. The van der Waals surface area contributed by atoms with Crippen LogP contribution in [0.4, 0.5) is 0 Å². The highest BCUT2D eigenvalue weighted by Gasteiger charge is 2.17. The minimum absolute atomic E-state index is 0.117. The monoisotopic (exact) mass is 383 g/mol. The molecule has 0 unspecified atom stereocenters. The van der Waals surface area contributed by atoms with E-state index in [4.69, 9.17) is 4.74 Å². The third-order valence-electron chi connectivity index (χ3n) is 4.97. The van der Waals surface area contributed by atoms with E-state index in [-0.39, 0.29) is 11.1 Å². The van der Waals surface area contributed by atoms with Crippen LogP contribution in [0.15, 0.2) is 71.5 Å². The summed E-state index contributed by atoms with van der Waals surface area (Å²) in [7, 11) is 0. The molecule has 0 bridgehead atoms. The Bertz CT molecular complexity index is 1110. The van der Waals surface area contributed by atoms with E-state index in [2.05, 4.69) is 16.0 Å². The van der Waals surface area contributed by atoms with Gasteiger partial charge in [-0.3, -0.25) is 4.79 Å². The van der Waals surface area contributed by atoms with Gasteiger partial charge in [-0.2, -0.15) is 5.26 Å². The second kappa shape index (κ2) is 8.59. The highest BCUT2D eigenvalue weighted by atomic mass is 16.5. The van der Waals surface area contributed by atoms with Gasteiger partial charge in [-0.1, -0.05) is 60.7 Å². The lowest BCUT2D eigenvalue weighted by atomic mass is 10.0.